The van der Waals surface area contributed by atoms with Crippen molar-refractivity contribution < 1.29 is 14.6 Å². The van der Waals surface area contributed by atoms with Crippen LogP contribution in [0.1, 0.15) is 17.2 Å². The molecule has 96 valence electrons. The second-order valence-electron chi connectivity index (χ2n) is 4.46. The van der Waals surface area contributed by atoms with Gasteiger partial charge in [0.25, 0.3) is 0 Å². The van der Waals surface area contributed by atoms with Crippen molar-refractivity contribution in [3.8, 4) is 0 Å². The molecule has 2 atom stereocenters. The molecule has 1 heterocycles. The van der Waals surface area contributed by atoms with Crippen molar-refractivity contribution in [3.05, 3.63) is 70.7 Å². The molecule has 0 aliphatic carbocycles. The summed E-state index contributed by atoms with van der Waals surface area (Å²) in [6, 6.07) is 16.0. The van der Waals surface area contributed by atoms with E-state index in [-0.39, 0.29) is 0 Å². The van der Waals surface area contributed by atoms with Crippen LogP contribution in [0, 0.1) is 0 Å². The van der Waals surface area contributed by atoms with Crippen LogP contribution < -0.4 is 0 Å². The molecule has 0 radical (unpaired) electrons. The van der Waals surface area contributed by atoms with Gasteiger partial charge in [0.2, 0.25) is 5.60 Å². The minimum absolute atomic E-state index is 0.468. The van der Waals surface area contributed by atoms with Gasteiger partial charge >= 0.3 is 5.97 Å². The lowest BCUT2D eigenvalue weighted by atomic mass is 9.92. The Bertz CT molecular complexity index is 609. The minimum atomic E-state index is -1.27. The van der Waals surface area contributed by atoms with Gasteiger partial charge in [-0.25, -0.2) is 4.79 Å². The summed E-state index contributed by atoms with van der Waals surface area (Å²) in [4.78, 5) is 11.6. The standard InChI is InChI=1S/C15H11ClO3/c16-12-8-6-10(7-9-12)13-15(19-13,14(17)18)11-4-2-1-3-5-11/h1-9,13H,(H,17,18). The largest absolute Gasteiger partial charge is 0.479 e. The summed E-state index contributed by atoms with van der Waals surface area (Å²) >= 11 is 5.83. The monoisotopic (exact) mass is 274 g/mol. The van der Waals surface area contributed by atoms with E-state index in [0.717, 1.165) is 5.56 Å². The van der Waals surface area contributed by atoms with Crippen molar-refractivity contribution in [1.82, 2.24) is 0 Å². The number of ether oxygens (including phenoxy) is 1. The number of carboxylic acids is 1. The zero-order valence-corrected chi connectivity index (χ0v) is 10.7. The van der Waals surface area contributed by atoms with Gasteiger partial charge < -0.3 is 9.84 Å². The van der Waals surface area contributed by atoms with Crippen molar-refractivity contribution in [2.24, 2.45) is 0 Å². The first kappa shape index (κ1) is 12.2. The summed E-state index contributed by atoms with van der Waals surface area (Å²) in [5.41, 5.74) is 0.202. The number of halogens is 1. The van der Waals surface area contributed by atoms with Gasteiger partial charge in [-0.05, 0) is 23.3 Å². The van der Waals surface area contributed by atoms with Crippen LogP contribution in [0.5, 0.6) is 0 Å². The predicted octanol–water partition coefficient (Wildman–Crippen LogP) is 3.39. The van der Waals surface area contributed by atoms with Gasteiger partial charge in [0, 0.05) is 5.02 Å². The van der Waals surface area contributed by atoms with Gasteiger partial charge in [-0.1, -0.05) is 54.1 Å². The number of hydrogen-bond acceptors (Lipinski definition) is 2. The van der Waals surface area contributed by atoms with Crippen molar-refractivity contribution >= 4 is 17.6 Å². The number of carboxylic acid groups (broad SMARTS) is 1. The number of benzene rings is 2. The first-order valence-electron chi connectivity index (χ1n) is 5.87. The maximum absolute atomic E-state index is 11.6. The highest BCUT2D eigenvalue weighted by atomic mass is 35.5. The van der Waals surface area contributed by atoms with E-state index in [0.29, 0.717) is 10.6 Å². The van der Waals surface area contributed by atoms with E-state index in [1.54, 1.807) is 48.5 Å². The number of rotatable bonds is 3. The Hall–Kier alpha value is -1.84. The van der Waals surface area contributed by atoms with E-state index in [1.165, 1.54) is 0 Å². The fourth-order valence-electron chi connectivity index (χ4n) is 2.28. The molecule has 3 rings (SSSR count). The van der Waals surface area contributed by atoms with Crippen LogP contribution in [0.2, 0.25) is 5.02 Å². The molecule has 0 saturated carbocycles. The van der Waals surface area contributed by atoms with Crippen LogP contribution >= 0.6 is 11.6 Å². The Morgan fingerprint density at radius 1 is 1.11 bits per heavy atom. The zero-order valence-electron chi connectivity index (χ0n) is 9.92. The molecule has 1 aliphatic rings. The van der Waals surface area contributed by atoms with E-state index in [2.05, 4.69) is 0 Å². The molecule has 0 amide bonds. The molecule has 4 heteroatoms. The van der Waals surface area contributed by atoms with Crippen LogP contribution in [0.15, 0.2) is 54.6 Å². The summed E-state index contributed by atoms with van der Waals surface area (Å²) in [6.45, 7) is 0. The van der Waals surface area contributed by atoms with E-state index in [1.807, 2.05) is 6.07 Å². The topological polar surface area (TPSA) is 49.8 Å². The SMILES string of the molecule is O=C(O)C1(c2ccccc2)OC1c1ccc(Cl)cc1. The lowest BCUT2D eigenvalue weighted by Crippen LogP contribution is -2.22. The fraction of sp³-hybridized carbons (Fsp3) is 0.133. The van der Waals surface area contributed by atoms with Crippen molar-refractivity contribution in [3.63, 3.8) is 0 Å². The summed E-state index contributed by atoms with van der Waals surface area (Å²) in [5, 5.41) is 10.1. The predicted molar refractivity (Wildman–Crippen MR) is 71.0 cm³/mol. The Labute approximate surface area is 115 Å². The lowest BCUT2D eigenvalue weighted by Gasteiger charge is -2.08. The van der Waals surface area contributed by atoms with Crippen LogP contribution in [-0.2, 0) is 15.1 Å². The third-order valence-electron chi connectivity index (χ3n) is 3.31. The highest BCUT2D eigenvalue weighted by Crippen LogP contribution is 2.57. The van der Waals surface area contributed by atoms with Crippen molar-refractivity contribution in [2.45, 2.75) is 11.7 Å². The van der Waals surface area contributed by atoms with Crippen LogP contribution in [0.4, 0.5) is 0 Å². The van der Waals surface area contributed by atoms with Crippen molar-refractivity contribution in [1.29, 1.82) is 0 Å². The molecule has 1 fully saturated rings. The molecule has 0 bridgehead atoms. The van der Waals surface area contributed by atoms with Gasteiger partial charge in [-0.2, -0.15) is 0 Å². The first-order chi connectivity index (χ1) is 9.14. The highest BCUT2D eigenvalue weighted by molar-refractivity contribution is 6.30. The highest BCUT2D eigenvalue weighted by Gasteiger charge is 2.65. The van der Waals surface area contributed by atoms with Gasteiger partial charge in [0.1, 0.15) is 6.10 Å². The summed E-state index contributed by atoms with van der Waals surface area (Å²) in [7, 11) is 0. The van der Waals surface area contributed by atoms with E-state index in [4.69, 9.17) is 16.3 Å². The molecule has 2 aromatic carbocycles. The minimum Gasteiger partial charge on any atom is -0.479 e. The first-order valence-corrected chi connectivity index (χ1v) is 6.24. The molecule has 19 heavy (non-hydrogen) atoms. The number of carbonyl (C=O) groups is 1. The molecule has 3 nitrogen and oxygen atoms in total. The molecule has 0 spiro atoms. The molecule has 0 aromatic heterocycles. The Balaban J connectivity index is 1.99. The van der Waals surface area contributed by atoms with E-state index in [9.17, 15) is 9.90 Å². The fourth-order valence-corrected chi connectivity index (χ4v) is 2.41. The third-order valence-corrected chi connectivity index (χ3v) is 3.56. The average Bonchev–Trinajstić information content (AvgIpc) is 3.17. The lowest BCUT2D eigenvalue weighted by molar-refractivity contribution is -0.143. The van der Waals surface area contributed by atoms with E-state index >= 15 is 0 Å². The number of epoxide rings is 1. The van der Waals surface area contributed by atoms with Gasteiger partial charge in [0.15, 0.2) is 0 Å². The third kappa shape index (κ3) is 1.91. The summed E-state index contributed by atoms with van der Waals surface area (Å²) < 4.78 is 5.54. The Morgan fingerprint density at radius 2 is 1.74 bits per heavy atom. The molecule has 2 aromatic rings. The Kier molecular flexibility index (Phi) is 2.81. The quantitative estimate of drug-likeness (QED) is 0.873. The second kappa shape index (κ2) is 4.37. The normalized spacial score (nSPS) is 25.0. The van der Waals surface area contributed by atoms with Crippen molar-refractivity contribution in [2.75, 3.05) is 0 Å². The maximum atomic E-state index is 11.6. The molecular formula is C15H11ClO3. The molecular weight excluding hydrogens is 264 g/mol. The summed E-state index contributed by atoms with van der Waals surface area (Å²) in [6.07, 6.45) is -0.468. The van der Waals surface area contributed by atoms with Crippen LogP contribution in [0.3, 0.4) is 0 Å². The molecule has 1 aliphatic heterocycles. The maximum Gasteiger partial charge on any atom is 0.343 e. The Morgan fingerprint density at radius 3 is 2.32 bits per heavy atom. The van der Waals surface area contributed by atoms with Gasteiger partial charge in [-0.3, -0.25) is 0 Å². The zero-order chi connectivity index (χ0) is 13.5. The summed E-state index contributed by atoms with van der Waals surface area (Å²) in [5.74, 6) is -0.973. The van der Waals surface area contributed by atoms with Crippen LogP contribution in [0.25, 0.3) is 0 Å². The van der Waals surface area contributed by atoms with Crippen LogP contribution in [-0.4, -0.2) is 11.1 Å². The molecule has 1 saturated heterocycles. The second-order valence-corrected chi connectivity index (χ2v) is 4.89. The molecule has 1 N–H and O–H groups in total. The number of hydrogen-bond donors (Lipinski definition) is 1. The van der Waals surface area contributed by atoms with E-state index < -0.39 is 17.7 Å². The average molecular weight is 275 g/mol. The smallest absolute Gasteiger partial charge is 0.343 e. The van der Waals surface area contributed by atoms with Gasteiger partial charge in [0.05, 0.1) is 0 Å². The number of aliphatic carboxylic acids is 1. The molecule has 2 unspecified atom stereocenters. The van der Waals surface area contributed by atoms with Gasteiger partial charge in [-0.15, -0.1) is 0 Å².